The third-order valence-electron chi connectivity index (χ3n) is 4.62. The molecule has 0 atom stereocenters. The maximum atomic E-state index is 12.8. The SMILES string of the molecule is O=c1c(Oc2ccccc2Br)coc2c(CN3CCCC3)c(O)ccc12. The molecule has 1 aliphatic heterocycles. The van der Waals surface area contributed by atoms with Gasteiger partial charge in [-0.05, 0) is 66.1 Å². The van der Waals surface area contributed by atoms with E-state index in [0.29, 0.717) is 28.8 Å². The first-order valence-electron chi connectivity index (χ1n) is 8.54. The summed E-state index contributed by atoms with van der Waals surface area (Å²) in [6, 6.07) is 10.4. The van der Waals surface area contributed by atoms with Crippen molar-refractivity contribution >= 4 is 26.9 Å². The number of hydrogen-bond acceptors (Lipinski definition) is 5. The van der Waals surface area contributed by atoms with Crippen LogP contribution in [0.5, 0.6) is 17.2 Å². The van der Waals surface area contributed by atoms with Gasteiger partial charge in [-0.1, -0.05) is 12.1 Å². The van der Waals surface area contributed by atoms with Gasteiger partial charge in [0.15, 0.2) is 0 Å². The number of rotatable bonds is 4. The number of phenolic OH excluding ortho intramolecular Hbond substituents is 1. The Hall–Kier alpha value is -2.31. The van der Waals surface area contributed by atoms with Crippen LogP contribution >= 0.6 is 15.9 Å². The molecule has 4 rings (SSSR count). The highest BCUT2D eigenvalue weighted by Gasteiger charge is 2.19. The van der Waals surface area contributed by atoms with E-state index in [2.05, 4.69) is 20.8 Å². The Balaban J connectivity index is 1.75. The number of halogens is 1. The molecule has 6 heteroatoms. The molecule has 1 N–H and O–H groups in total. The molecule has 1 aliphatic rings. The molecule has 5 nitrogen and oxygen atoms in total. The lowest BCUT2D eigenvalue weighted by molar-refractivity contribution is 0.323. The minimum absolute atomic E-state index is 0.113. The van der Waals surface area contributed by atoms with Crippen molar-refractivity contribution in [2.24, 2.45) is 0 Å². The zero-order valence-electron chi connectivity index (χ0n) is 14.1. The number of para-hydroxylation sites is 1. The molecule has 0 unspecified atom stereocenters. The molecule has 0 aliphatic carbocycles. The fourth-order valence-corrected chi connectivity index (χ4v) is 3.63. The van der Waals surface area contributed by atoms with Gasteiger partial charge in [-0.25, -0.2) is 0 Å². The van der Waals surface area contributed by atoms with E-state index in [1.165, 1.54) is 6.26 Å². The second kappa shape index (κ2) is 7.13. The molecule has 0 spiro atoms. The van der Waals surface area contributed by atoms with E-state index in [4.69, 9.17) is 9.15 Å². The van der Waals surface area contributed by atoms with Crippen LogP contribution in [-0.4, -0.2) is 23.1 Å². The molecule has 1 saturated heterocycles. The van der Waals surface area contributed by atoms with Crippen LogP contribution in [0.3, 0.4) is 0 Å². The molecular weight excluding hydrogens is 398 g/mol. The van der Waals surface area contributed by atoms with Gasteiger partial charge in [-0.15, -0.1) is 0 Å². The van der Waals surface area contributed by atoms with Crippen molar-refractivity contribution < 1.29 is 14.3 Å². The van der Waals surface area contributed by atoms with E-state index in [1.54, 1.807) is 18.2 Å². The van der Waals surface area contributed by atoms with Gasteiger partial charge in [-0.2, -0.15) is 0 Å². The molecule has 1 aromatic heterocycles. The van der Waals surface area contributed by atoms with E-state index in [9.17, 15) is 9.90 Å². The Kier molecular flexibility index (Phi) is 4.70. The number of fused-ring (bicyclic) bond motifs is 1. The first-order chi connectivity index (χ1) is 12.6. The Morgan fingerprint density at radius 2 is 1.88 bits per heavy atom. The summed E-state index contributed by atoms with van der Waals surface area (Å²) in [7, 11) is 0. The Labute approximate surface area is 158 Å². The molecule has 26 heavy (non-hydrogen) atoms. The van der Waals surface area contributed by atoms with Crippen molar-refractivity contribution in [2.45, 2.75) is 19.4 Å². The van der Waals surface area contributed by atoms with Crippen LogP contribution in [0, 0.1) is 0 Å². The van der Waals surface area contributed by atoms with Crippen molar-refractivity contribution in [2.75, 3.05) is 13.1 Å². The summed E-state index contributed by atoms with van der Waals surface area (Å²) in [5.41, 5.74) is 0.806. The first kappa shape index (κ1) is 17.1. The van der Waals surface area contributed by atoms with Crippen LogP contribution in [-0.2, 0) is 6.54 Å². The fraction of sp³-hybridized carbons (Fsp3) is 0.250. The van der Waals surface area contributed by atoms with Gasteiger partial charge in [-0.3, -0.25) is 9.69 Å². The fourth-order valence-electron chi connectivity index (χ4n) is 3.26. The van der Waals surface area contributed by atoms with Gasteiger partial charge in [0, 0.05) is 6.54 Å². The van der Waals surface area contributed by atoms with Gasteiger partial charge in [0.1, 0.15) is 23.3 Å². The van der Waals surface area contributed by atoms with Crippen molar-refractivity contribution in [3.05, 3.63) is 62.9 Å². The Morgan fingerprint density at radius 1 is 1.12 bits per heavy atom. The van der Waals surface area contributed by atoms with Crippen molar-refractivity contribution in [3.63, 3.8) is 0 Å². The standard InChI is InChI=1S/C20H18BrNO4/c21-15-5-1-2-6-17(15)26-18-12-25-20-13(19(18)24)7-8-16(23)14(20)11-22-9-3-4-10-22/h1-2,5-8,12,23H,3-4,9-11H2. The summed E-state index contributed by atoms with van der Waals surface area (Å²) < 4.78 is 12.2. The average Bonchev–Trinajstić information content (AvgIpc) is 3.15. The second-order valence-electron chi connectivity index (χ2n) is 6.38. The number of hydrogen-bond donors (Lipinski definition) is 1. The van der Waals surface area contributed by atoms with E-state index in [0.717, 1.165) is 30.4 Å². The smallest absolute Gasteiger partial charge is 0.235 e. The summed E-state index contributed by atoms with van der Waals surface area (Å²) >= 11 is 3.40. The van der Waals surface area contributed by atoms with E-state index >= 15 is 0 Å². The summed E-state index contributed by atoms with van der Waals surface area (Å²) in [4.78, 5) is 15.1. The Morgan fingerprint density at radius 3 is 2.65 bits per heavy atom. The molecule has 3 aromatic rings. The van der Waals surface area contributed by atoms with Gasteiger partial charge >= 0.3 is 0 Å². The highest BCUT2D eigenvalue weighted by molar-refractivity contribution is 9.10. The third kappa shape index (κ3) is 3.22. The molecule has 1 fully saturated rings. The number of nitrogens with zero attached hydrogens (tertiary/aromatic N) is 1. The Bertz CT molecular complexity index is 1010. The van der Waals surface area contributed by atoms with Gasteiger partial charge in [0.05, 0.1) is 15.4 Å². The topological polar surface area (TPSA) is 62.9 Å². The largest absolute Gasteiger partial charge is 0.507 e. The van der Waals surface area contributed by atoms with Crippen LogP contribution in [0.25, 0.3) is 11.0 Å². The molecule has 2 heterocycles. The van der Waals surface area contributed by atoms with Crippen LogP contribution in [0.1, 0.15) is 18.4 Å². The lowest BCUT2D eigenvalue weighted by Crippen LogP contribution is -2.19. The number of benzene rings is 2. The summed E-state index contributed by atoms with van der Waals surface area (Å²) in [5.74, 6) is 0.796. The monoisotopic (exact) mass is 415 g/mol. The van der Waals surface area contributed by atoms with Gasteiger partial charge < -0.3 is 14.3 Å². The molecule has 0 saturated carbocycles. The predicted octanol–water partition coefficient (Wildman–Crippen LogP) is 4.65. The van der Waals surface area contributed by atoms with Crippen molar-refractivity contribution in [3.8, 4) is 17.2 Å². The minimum atomic E-state index is -0.260. The van der Waals surface area contributed by atoms with Crippen LogP contribution < -0.4 is 10.2 Å². The van der Waals surface area contributed by atoms with Crippen LogP contribution in [0.15, 0.2) is 56.3 Å². The lowest BCUT2D eigenvalue weighted by Gasteiger charge is -2.16. The predicted molar refractivity (Wildman–Crippen MR) is 103 cm³/mol. The average molecular weight is 416 g/mol. The number of aromatic hydroxyl groups is 1. The summed E-state index contributed by atoms with van der Waals surface area (Å²) in [5, 5.41) is 10.7. The molecule has 0 amide bonds. The van der Waals surface area contributed by atoms with Crippen LogP contribution in [0.4, 0.5) is 0 Å². The van der Waals surface area contributed by atoms with E-state index in [-0.39, 0.29) is 16.9 Å². The third-order valence-corrected chi connectivity index (χ3v) is 5.28. The second-order valence-corrected chi connectivity index (χ2v) is 7.24. The minimum Gasteiger partial charge on any atom is -0.507 e. The number of phenols is 1. The zero-order valence-corrected chi connectivity index (χ0v) is 15.7. The molecule has 2 aromatic carbocycles. The number of likely N-dealkylation sites (tertiary alicyclic amines) is 1. The summed E-state index contributed by atoms with van der Waals surface area (Å²) in [6.07, 6.45) is 3.62. The first-order valence-corrected chi connectivity index (χ1v) is 9.34. The highest BCUT2D eigenvalue weighted by Crippen LogP contribution is 2.32. The quantitative estimate of drug-likeness (QED) is 0.671. The molecule has 0 radical (unpaired) electrons. The van der Waals surface area contributed by atoms with Crippen molar-refractivity contribution in [1.82, 2.24) is 4.90 Å². The van der Waals surface area contributed by atoms with Gasteiger partial charge in [0.25, 0.3) is 0 Å². The van der Waals surface area contributed by atoms with Gasteiger partial charge in [0.2, 0.25) is 11.2 Å². The maximum absolute atomic E-state index is 12.8. The maximum Gasteiger partial charge on any atom is 0.235 e. The normalized spacial score (nSPS) is 14.8. The number of ether oxygens (including phenoxy) is 1. The van der Waals surface area contributed by atoms with Crippen LogP contribution in [0.2, 0.25) is 0 Å². The summed E-state index contributed by atoms with van der Waals surface area (Å²) in [6.45, 7) is 2.54. The zero-order chi connectivity index (χ0) is 18.1. The lowest BCUT2D eigenvalue weighted by atomic mass is 10.1. The molecular formula is C20H18BrNO4. The highest BCUT2D eigenvalue weighted by atomic mass is 79.9. The van der Waals surface area contributed by atoms with E-state index in [1.807, 2.05) is 18.2 Å². The molecule has 0 bridgehead atoms. The van der Waals surface area contributed by atoms with Crippen molar-refractivity contribution in [1.29, 1.82) is 0 Å². The molecule has 134 valence electrons. The van der Waals surface area contributed by atoms with E-state index < -0.39 is 0 Å².